The summed E-state index contributed by atoms with van der Waals surface area (Å²) in [5.41, 5.74) is 0. The Morgan fingerprint density at radius 1 is 0.875 bits per heavy atom. The van der Waals surface area contributed by atoms with Crippen LogP contribution < -0.4 is 0 Å². The summed E-state index contributed by atoms with van der Waals surface area (Å²) in [6.45, 7) is 3.81. The van der Waals surface area contributed by atoms with Gasteiger partial charge < -0.3 is 9.47 Å². The Morgan fingerprint density at radius 3 is 1.56 bits per heavy atom. The number of allylic oxidation sites excluding steroid dienone is 2. The minimum Gasteiger partial charge on any atom is -0.458 e. The fourth-order valence-corrected chi connectivity index (χ4v) is 0.765. The lowest BCUT2D eigenvalue weighted by Gasteiger charge is -1.97. The second kappa shape index (κ2) is 9.71. The molecule has 4 nitrogen and oxygen atoms in total. The van der Waals surface area contributed by atoms with Gasteiger partial charge in [0.2, 0.25) is 0 Å². The predicted molar refractivity (Wildman–Crippen MR) is 60.7 cm³/mol. The van der Waals surface area contributed by atoms with Crippen molar-refractivity contribution in [2.24, 2.45) is 0 Å². The molecule has 0 radical (unpaired) electrons. The molecular formula is C12H16O4. The fourth-order valence-electron chi connectivity index (χ4n) is 0.765. The SMILES string of the molecule is CC=CC(=O)OCC=CCOC(=O)C=CC. The highest BCUT2D eigenvalue weighted by molar-refractivity contribution is 5.82. The largest absolute Gasteiger partial charge is 0.458 e. The van der Waals surface area contributed by atoms with Gasteiger partial charge in [-0.25, -0.2) is 9.59 Å². The molecule has 0 aromatic carbocycles. The van der Waals surface area contributed by atoms with E-state index in [2.05, 4.69) is 0 Å². The molecule has 0 fully saturated rings. The van der Waals surface area contributed by atoms with Gasteiger partial charge in [-0.05, 0) is 26.0 Å². The van der Waals surface area contributed by atoms with Crippen LogP contribution in [0.1, 0.15) is 13.8 Å². The summed E-state index contributed by atoms with van der Waals surface area (Å²) >= 11 is 0. The monoisotopic (exact) mass is 224 g/mol. The van der Waals surface area contributed by atoms with Crippen molar-refractivity contribution in [1.82, 2.24) is 0 Å². The Kier molecular flexibility index (Phi) is 8.59. The minimum atomic E-state index is -0.391. The van der Waals surface area contributed by atoms with Crippen molar-refractivity contribution in [2.45, 2.75) is 13.8 Å². The van der Waals surface area contributed by atoms with Crippen molar-refractivity contribution in [3.8, 4) is 0 Å². The summed E-state index contributed by atoms with van der Waals surface area (Å²) in [5, 5.41) is 0. The summed E-state index contributed by atoms with van der Waals surface area (Å²) in [6.07, 6.45) is 9.10. The van der Waals surface area contributed by atoms with E-state index in [1.54, 1.807) is 38.2 Å². The van der Waals surface area contributed by atoms with Crippen LogP contribution >= 0.6 is 0 Å². The molecule has 0 rings (SSSR count). The lowest BCUT2D eigenvalue weighted by molar-refractivity contribution is -0.137. The first-order chi connectivity index (χ1) is 7.70. The van der Waals surface area contributed by atoms with Crippen LogP contribution in [0.15, 0.2) is 36.5 Å². The van der Waals surface area contributed by atoms with E-state index in [9.17, 15) is 9.59 Å². The molecule has 0 saturated carbocycles. The minimum absolute atomic E-state index is 0.171. The van der Waals surface area contributed by atoms with E-state index < -0.39 is 11.9 Å². The summed E-state index contributed by atoms with van der Waals surface area (Å²) in [4.78, 5) is 21.7. The highest BCUT2D eigenvalue weighted by Crippen LogP contribution is 1.86. The van der Waals surface area contributed by atoms with Gasteiger partial charge in [0.05, 0.1) is 0 Å². The molecular weight excluding hydrogens is 208 g/mol. The molecule has 0 unspecified atom stereocenters. The number of hydrogen-bond acceptors (Lipinski definition) is 4. The molecule has 16 heavy (non-hydrogen) atoms. The molecule has 0 aliphatic rings. The molecule has 88 valence electrons. The third kappa shape index (κ3) is 8.74. The van der Waals surface area contributed by atoms with Gasteiger partial charge in [0.15, 0.2) is 0 Å². The number of rotatable bonds is 6. The second-order valence-electron chi connectivity index (χ2n) is 2.73. The molecule has 0 aliphatic heterocycles. The number of carbonyl (C=O) groups excluding carboxylic acids is 2. The van der Waals surface area contributed by atoms with Crippen LogP contribution in [0.5, 0.6) is 0 Å². The van der Waals surface area contributed by atoms with Crippen molar-refractivity contribution >= 4 is 11.9 Å². The number of hydrogen-bond donors (Lipinski definition) is 0. The van der Waals surface area contributed by atoms with Gasteiger partial charge >= 0.3 is 11.9 Å². The summed E-state index contributed by atoms with van der Waals surface area (Å²) < 4.78 is 9.54. The molecule has 4 heteroatoms. The first-order valence-corrected chi connectivity index (χ1v) is 4.94. The van der Waals surface area contributed by atoms with Crippen molar-refractivity contribution in [3.05, 3.63) is 36.5 Å². The number of esters is 2. The molecule has 0 aromatic heterocycles. The quantitative estimate of drug-likeness (QED) is 0.392. The summed E-state index contributed by atoms with van der Waals surface area (Å²) in [6, 6.07) is 0. The maximum absolute atomic E-state index is 10.8. The average molecular weight is 224 g/mol. The Bertz CT molecular complexity index is 270. The second-order valence-corrected chi connectivity index (χ2v) is 2.73. The molecule has 0 N–H and O–H groups in total. The van der Waals surface area contributed by atoms with E-state index in [0.29, 0.717) is 0 Å². The first kappa shape index (κ1) is 14.2. The molecule has 0 aliphatic carbocycles. The zero-order chi connectivity index (χ0) is 12.2. The van der Waals surface area contributed by atoms with E-state index in [1.807, 2.05) is 0 Å². The molecule has 0 aromatic rings. The van der Waals surface area contributed by atoms with Gasteiger partial charge in [0.1, 0.15) is 13.2 Å². The van der Waals surface area contributed by atoms with Crippen LogP contribution in [0.2, 0.25) is 0 Å². The lowest BCUT2D eigenvalue weighted by atomic mass is 10.5. The first-order valence-electron chi connectivity index (χ1n) is 4.94. The Hall–Kier alpha value is -1.84. The molecule has 0 spiro atoms. The van der Waals surface area contributed by atoms with E-state index in [4.69, 9.17) is 9.47 Å². The van der Waals surface area contributed by atoms with Gasteiger partial charge in [-0.15, -0.1) is 0 Å². The maximum atomic E-state index is 10.8. The van der Waals surface area contributed by atoms with Crippen LogP contribution in [0.4, 0.5) is 0 Å². The zero-order valence-corrected chi connectivity index (χ0v) is 9.51. The van der Waals surface area contributed by atoms with E-state index >= 15 is 0 Å². The van der Waals surface area contributed by atoms with E-state index in [0.717, 1.165) is 0 Å². The number of carbonyl (C=O) groups is 2. The van der Waals surface area contributed by atoms with Crippen LogP contribution in [0, 0.1) is 0 Å². The normalized spacial score (nSPS) is 11.4. The Labute approximate surface area is 95.2 Å². The Morgan fingerprint density at radius 2 is 1.25 bits per heavy atom. The zero-order valence-electron chi connectivity index (χ0n) is 9.51. The lowest BCUT2D eigenvalue weighted by Crippen LogP contribution is -2.02. The Balaban J connectivity index is 3.56. The van der Waals surface area contributed by atoms with Gasteiger partial charge in [-0.1, -0.05) is 12.2 Å². The number of ether oxygens (including phenoxy) is 2. The molecule has 0 amide bonds. The van der Waals surface area contributed by atoms with E-state index in [1.165, 1.54) is 12.2 Å². The van der Waals surface area contributed by atoms with Gasteiger partial charge in [0, 0.05) is 12.2 Å². The third-order valence-corrected chi connectivity index (χ3v) is 1.42. The molecule has 0 heterocycles. The topological polar surface area (TPSA) is 52.6 Å². The third-order valence-electron chi connectivity index (χ3n) is 1.42. The maximum Gasteiger partial charge on any atom is 0.330 e. The van der Waals surface area contributed by atoms with Crippen LogP contribution in [-0.2, 0) is 19.1 Å². The summed E-state index contributed by atoms with van der Waals surface area (Å²) in [7, 11) is 0. The molecule has 0 atom stereocenters. The summed E-state index contributed by atoms with van der Waals surface area (Å²) in [5.74, 6) is -0.781. The predicted octanol–water partition coefficient (Wildman–Crippen LogP) is 1.78. The smallest absolute Gasteiger partial charge is 0.330 e. The van der Waals surface area contributed by atoms with Crippen molar-refractivity contribution in [3.63, 3.8) is 0 Å². The standard InChI is InChI=1S/C12H16O4/c1-3-7-11(13)15-9-5-6-10-16-12(14)8-4-2/h3-8H,9-10H2,1-2H3. The van der Waals surface area contributed by atoms with Crippen LogP contribution in [-0.4, -0.2) is 25.2 Å². The van der Waals surface area contributed by atoms with Gasteiger partial charge in [-0.2, -0.15) is 0 Å². The molecule has 0 saturated heterocycles. The highest BCUT2D eigenvalue weighted by atomic mass is 16.5. The van der Waals surface area contributed by atoms with Gasteiger partial charge in [0.25, 0.3) is 0 Å². The average Bonchev–Trinajstić information content (AvgIpc) is 2.24. The van der Waals surface area contributed by atoms with Crippen molar-refractivity contribution in [1.29, 1.82) is 0 Å². The molecule has 0 bridgehead atoms. The van der Waals surface area contributed by atoms with Gasteiger partial charge in [-0.3, -0.25) is 0 Å². The van der Waals surface area contributed by atoms with E-state index in [-0.39, 0.29) is 13.2 Å². The van der Waals surface area contributed by atoms with Crippen molar-refractivity contribution in [2.75, 3.05) is 13.2 Å². The highest BCUT2D eigenvalue weighted by Gasteiger charge is 1.93. The fraction of sp³-hybridized carbons (Fsp3) is 0.333. The van der Waals surface area contributed by atoms with Crippen molar-refractivity contribution < 1.29 is 19.1 Å². The van der Waals surface area contributed by atoms with Crippen LogP contribution in [0.3, 0.4) is 0 Å². The van der Waals surface area contributed by atoms with Crippen LogP contribution in [0.25, 0.3) is 0 Å².